The average molecular weight is 472 g/mol. The van der Waals surface area contributed by atoms with Gasteiger partial charge in [-0.15, -0.1) is 0 Å². The van der Waals surface area contributed by atoms with Crippen LogP contribution >= 0.6 is 11.6 Å². The van der Waals surface area contributed by atoms with Gasteiger partial charge in [0.25, 0.3) is 5.91 Å². The van der Waals surface area contributed by atoms with E-state index in [4.69, 9.17) is 17.3 Å². The van der Waals surface area contributed by atoms with E-state index in [1.807, 2.05) is 0 Å². The number of anilines is 1. The Morgan fingerprint density at radius 2 is 1.88 bits per heavy atom. The normalized spacial score (nSPS) is 27.8. The predicted octanol–water partition coefficient (Wildman–Crippen LogP) is 0.639. The molecule has 3 aliphatic rings. The highest BCUT2D eigenvalue weighted by Crippen LogP contribution is 2.51. The minimum Gasteiger partial charge on any atom is -0.370 e. The minimum atomic E-state index is -1.38. The van der Waals surface area contributed by atoms with Gasteiger partial charge in [-0.3, -0.25) is 24.1 Å². The molecule has 2 fully saturated rings. The molecule has 3 aliphatic heterocycles. The van der Waals surface area contributed by atoms with E-state index in [-0.39, 0.29) is 19.4 Å². The van der Waals surface area contributed by atoms with Crippen molar-refractivity contribution in [2.45, 2.75) is 31.0 Å². The number of imide groups is 1. The van der Waals surface area contributed by atoms with Crippen molar-refractivity contribution in [3.05, 3.63) is 64.4 Å². The summed E-state index contributed by atoms with van der Waals surface area (Å²) in [5.41, 5.74) is 5.51. The van der Waals surface area contributed by atoms with Crippen LogP contribution in [0, 0.1) is 17.7 Å². The third kappa shape index (κ3) is 3.14. The maximum atomic E-state index is 13.7. The Bertz CT molecular complexity index is 1200. The maximum absolute atomic E-state index is 13.7. The molecule has 5 rings (SSSR count). The van der Waals surface area contributed by atoms with Crippen molar-refractivity contribution in [3.8, 4) is 0 Å². The van der Waals surface area contributed by atoms with E-state index in [1.165, 1.54) is 24.3 Å². The van der Waals surface area contributed by atoms with Gasteiger partial charge in [-0.2, -0.15) is 0 Å². The fraction of sp³-hybridized carbons (Fsp3) is 0.304. The number of benzene rings is 2. The van der Waals surface area contributed by atoms with Gasteiger partial charge >= 0.3 is 0 Å². The summed E-state index contributed by atoms with van der Waals surface area (Å²) in [6, 6.07) is 10.1. The lowest BCUT2D eigenvalue weighted by molar-refractivity contribution is -0.734. The second kappa shape index (κ2) is 7.64. The van der Waals surface area contributed by atoms with E-state index in [1.54, 1.807) is 23.5 Å². The quantitative estimate of drug-likeness (QED) is 0.553. The molecule has 4 atom stereocenters. The van der Waals surface area contributed by atoms with Crippen molar-refractivity contribution < 1.29 is 28.9 Å². The molecule has 3 heterocycles. The molecule has 10 heteroatoms. The molecule has 8 nitrogen and oxygen atoms in total. The van der Waals surface area contributed by atoms with Crippen molar-refractivity contribution in [3.63, 3.8) is 0 Å². The summed E-state index contributed by atoms with van der Waals surface area (Å²) in [4.78, 5) is 53.1. The molecular formula is C23H21ClFN4O4+. The molecule has 1 spiro atoms. The molecule has 0 aromatic heterocycles. The number of primary amides is 1. The average Bonchev–Trinajstić information content (AvgIpc) is 3.35. The summed E-state index contributed by atoms with van der Waals surface area (Å²) in [6.45, 7) is -0.0341. The van der Waals surface area contributed by atoms with Gasteiger partial charge in [-0.25, -0.2) is 4.39 Å². The molecule has 4 amide bonds. The Morgan fingerprint density at radius 1 is 1.15 bits per heavy atom. The number of rotatable bonds is 5. The van der Waals surface area contributed by atoms with Crippen LogP contribution in [0.25, 0.3) is 0 Å². The van der Waals surface area contributed by atoms with E-state index >= 15 is 0 Å². The second-order valence-corrected chi connectivity index (χ2v) is 9.12. The Hall–Kier alpha value is -3.30. The number of halogens is 2. The Labute approximate surface area is 193 Å². The van der Waals surface area contributed by atoms with Gasteiger partial charge < -0.3 is 16.4 Å². The van der Waals surface area contributed by atoms with Gasteiger partial charge in [0.1, 0.15) is 23.7 Å². The lowest BCUT2D eigenvalue weighted by Gasteiger charge is -2.26. The lowest BCUT2D eigenvalue weighted by Crippen LogP contribution is -2.99. The number of hydrogen-bond acceptors (Lipinski definition) is 4. The molecule has 2 aromatic rings. The topological polar surface area (TPSA) is 126 Å². The number of amides is 4. The number of nitrogens with one attached hydrogen (secondary N) is 1. The highest BCUT2D eigenvalue weighted by molar-refractivity contribution is 6.35. The number of nitrogens with two attached hydrogens (primary N) is 2. The van der Waals surface area contributed by atoms with E-state index in [0.29, 0.717) is 21.8 Å². The smallest absolute Gasteiger partial charge is 0.291 e. The summed E-state index contributed by atoms with van der Waals surface area (Å²) in [7, 11) is 0. The number of carbonyl (C=O) groups excluding carboxylic acids is 4. The Morgan fingerprint density at radius 3 is 2.58 bits per heavy atom. The molecular weight excluding hydrogens is 451 g/mol. The largest absolute Gasteiger partial charge is 0.370 e. The third-order valence-electron chi connectivity index (χ3n) is 6.92. The molecule has 0 bridgehead atoms. The molecule has 5 N–H and O–H groups in total. The van der Waals surface area contributed by atoms with Crippen LogP contribution in [0.15, 0.2) is 42.5 Å². The summed E-state index contributed by atoms with van der Waals surface area (Å²) in [5.74, 6) is -4.05. The fourth-order valence-electron chi connectivity index (χ4n) is 5.52. The van der Waals surface area contributed by atoms with E-state index in [0.717, 1.165) is 4.90 Å². The summed E-state index contributed by atoms with van der Waals surface area (Å²) >= 11 is 6.31. The number of para-hydroxylation sites is 1. The molecule has 170 valence electrons. The molecule has 0 saturated carbocycles. The molecule has 2 aromatic carbocycles. The van der Waals surface area contributed by atoms with E-state index in [2.05, 4.69) is 5.32 Å². The van der Waals surface area contributed by atoms with E-state index < -0.39 is 52.9 Å². The van der Waals surface area contributed by atoms with Gasteiger partial charge in [0.05, 0.1) is 17.3 Å². The Balaban J connectivity index is 1.58. The van der Waals surface area contributed by atoms with Crippen molar-refractivity contribution in [1.82, 2.24) is 4.90 Å². The molecule has 2 saturated heterocycles. The number of quaternary nitrogens is 1. The van der Waals surface area contributed by atoms with Crippen LogP contribution in [-0.4, -0.2) is 34.6 Å². The zero-order chi connectivity index (χ0) is 23.5. The zero-order valence-corrected chi connectivity index (χ0v) is 18.1. The van der Waals surface area contributed by atoms with Gasteiger partial charge in [0.15, 0.2) is 0 Å². The van der Waals surface area contributed by atoms with Gasteiger partial charge in [0, 0.05) is 18.4 Å². The molecule has 0 aliphatic carbocycles. The molecule has 33 heavy (non-hydrogen) atoms. The van der Waals surface area contributed by atoms with Gasteiger partial charge in [0.2, 0.25) is 23.3 Å². The highest BCUT2D eigenvalue weighted by atomic mass is 35.5. The third-order valence-corrected chi connectivity index (χ3v) is 7.24. The standard InChI is InChI=1S/C23H20ClFN4O4/c24-14-3-1-2-13-19(14)27-22(33)23(13)18-17(15(28-23)8-9-16(26)30)20(31)29(21(18)32)10-11-4-6-12(25)7-5-11/h1-7,15,17-18,28H,8-10H2,(H2,26,30)(H,27,33)/p+1/t15-,17-,18+,23+/m1/s1. The van der Waals surface area contributed by atoms with Crippen molar-refractivity contribution in [1.29, 1.82) is 0 Å². The van der Waals surface area contributed by atoms with Crippen molar-refractivity contribution in [2.24, 2.45) is 17.6 Å². The number of nitrogens with zero attached hydrogens (tertiary/aromatic N) is 1. The molecule has 0 unspecified atom stereocenters. The summed E-state index contributed by atoms with van der Waals surface area (Å²) in [5, 5.41) is 4.85. The summed E-state index contributed by atoms with van der Waals surface area (Å²) in [6.07, 6.45) is 0.259. The van der Waals surface area contributed by atoms with Crippen molar-refractivity contribution >= 4 is 40.9 Å². The van der Waals surface area contributed by atoms with Crippen LogP contribution in [0.3, 0.4) is 0 Å². The summed E-state index contributed by atoms with van der Waals surface area (Å²) < 4.78 is 13.3. The fourth-order valence-corrected chi connectivity index (χ4v) is 5.74. The SMILES string of the molecule is NC(=O)CC[C@H]1[NH2+][C@]2(C(=O)Nc3c(Cl)cccc32)[C@@H]2C(=O)N(Cc3ccc(F)cc3)C(=O)[C@@H]21. The predicted molar refractivity (Wildman–Crippen MR) is 115 cm³/mol. The van der Waals surface area contributed by atoms with Crippen LogP contribution in [-0.2, 0) is 31.3 Å². The maximum Gasteiger partial charge on any atom is 0.291 e. The van der Waals surface area contributed by atoms with Crippen LogP contribution in [0.5, 0.6) is 0 Å². The van der Waals surface area contributed by atoms with Crippen LogP contribution < -0.4 is 16.4 Å². The first-order valence-corrected chi connectivity index (χ1v) is 11.0. The number of fused-ring (bicyclic) bond motifs is 4. The molecule has 0 radical (unpaired) electrons. The van der Waals surface area contributed by atoms with Crippen LogP contribution in [0.1, 0.15) is 24.0 Å². The number of hydrogen-bond donors (Lipinski definition) is 3. The zero-order valence-electron chi connectivity index (χ0n) is 17.4. The number of likely N-dealkylation sites (tertiary alicyclic amines) is 1. The monoisotopic (exact) mass is 471 g/mol. The Kier molecular flexibility index (Phi) is 4.98. The minimum absolute atomic E-state index is 0.0178. The first-order chi connectivity index (χ1) is 15.7. The second-order valence-electron chi connectivity index (χ2n) is 8.71. The van der Waals surface area contributed by atoms with Gasteiger partial charge in [-0.05, 0) is 29.8 Å². The van der Waals surface area contributed by atoms with Crippen LogP contribution in [0.4, 0.5) is 10.1 Å². The lowest BCUT2D eigenvalue weighted by atomic mass is 9.76. The van der Waals surface area contributed by atoms with Gasteiger partial charge in [-0.1, -0.05) is 29.8 Å². The van der Waals surface area contributed by atoms with Crippen molar-refractivity contribution in [2.75, 3.05) is 5.32 Å². The number of carbonyl (C=O) groups is 4. The van der Waals surface area contributed by atoms with E-state index in [9.17, 15) is 23.6 Å². The first kappa shape index (κ1) is 21.5. The van der Waals surface area contributed by atoms with Crippen LogP contribution in [0.2, 0.25) is 5.02 Å². The highest BCUT2D eigenvalue weighted by Gasteiger charge is 2.74. The first-order valence-electron chi connectivity index (χ1n) is 10.6.